The Morgan fingerprint density at radius 3 is 3.18 bits per heavy atom. The predicted octanol–water partition coefficient (Wildman–Crippen LogP) is 1.74. The van der Waals surface area contributed by atoms with Crippen LogP contribution in [-0.4, -0.2) is 54.5 Å². The number of hydrogen-bond acceptors (Lipinski definition) is 4. The summed E-state index contributed by atoms with van der Waals surface area (Å²) in [4.78, 5) is 18.5. The highest BCUT2D eigenvalue weighted by Gasteiger charge is 2.33. The maximum Gasteiger partial charge on any atom is 0.237 e. The van der Waals surface area contributed by atoms with Gasteiger partial charge in [-0.15, -0.1) is 23.7 Å². The number of carbonyl (C=O) groups is 1. The molecule has 0 spiro atoms. The van der Waals surface area contributed by atoms with E-state index >= 15 is 0 Å². The third kappa shape index (κ3) is 3.18. The molecule has 2 unspecified atom stereocenters. The van der Waals surface area contributed by atoms with Crippen LogP contribution in [0.15, 0.2) is 11.4 Å². The molecule has 4 rings (SSSR count). The van der Waals surface area contributed by atoms with E-state index in [2.05, 4.69) is 21.7 Å². The predicted molar refractivity (Wildman–Crippen MR) is 91.6 cm³/mol. The molecule has 0 aliphatic carbocycles. The quantitative estimate of drug-likeness (QED) is 0.890. The third-order valence-electron chi connectivity index (χ3n) is 5.26. The number of nitrogens with one attached hydrogen (secondary N) is 1. The van der Waals surface area contributed by atoms with Gasteiger partial charge in [0.15, 0.2) is 0 Å². The van der Waals surface area contributed by atoms with E-state index in [0.29, 0.717) is 18.5 Å². The van der Waals surface area contributed by atoms with Crippen molar-refractivity contribution >= 4 is 29.7 Å². The molecule has 2 saturated heterocycles. The van der Waals surface area contributed by atoms with E-state index in [0.717, 1.165) is 45.1 Å². The van der Waals surface area contributed by atoms with Gasteiger partial charge in [0.1, 0.15) is 0 Å². The number of likely N-dealkylation sites (tertiary alicyclic amines) is 1. The van der Waals surface area contributed by atoms with Gasteiger partial charge in [0.05, 0.1) is 6.54 Å². The number of halogens is 1. The van der Waals surface area contributed by atoms with Crippen molar-refractivity contribution in [3.05, 3.63) is 21.9 Å². The summed E-state index contributed by atoms with van der Waals surface area (Å²) in [6, 6.07) is 2.88. The second-order valence-corrected chi connectivity index (χ2v) is 7.57. The molecular formula is C16H24ClN3OS. The fraction of sp³-hybridized carbons (Fsp3) is 0.688. The van der Waals surface area contributed by atoms with Crippen LogP contribution < -0.4 is 5.32 Å². The first kappa shape index (κ1) is 16.2. The molecule has 4 nitrogen and oxygen atoms in total. The molecule has 0 saturated carbocycles. The highest BCUT2D eigenvalue weighted by Crippen LogP contribution is 2.26. The SMILES string of the molecule is Cl.O=C(CN1CCC2NCCC2C1)N1CCc2sccc2C1. The molecule has 1 N–H and O–H groups in total. The number of thiophene rings is 1. The molecule has 2 fully saturated rings. The van der Waals surface area contributed by atoms with Crippen LogP contribution in [0, 0.1) is 5.92 Å². The van der Waals surface area contributed by atoms with Crippen molar-refractivity contribution in [3.63, 3.8) is 0 Å². The molecule has 0 radical (unpaired) electrons. The summed E-state index contributed by atoms with van der Waals surface area (Å²) < 4.78 is 0. The fourth-order valence-corrected chi connectivity index (χ4v) is 4.91. The molecule has 22 heavy (non-hydrogen) atoms. The van der Waals surface area contributed by atoms with Crippen LogP contribution >= 0.6 is 23.7 Å². The van der Waals surface area contributed by atoms with E-state index in [1.54, 1.807) is 0 Å². The Morgan fingerprint density at radius 1 is 1.36 bits per heavy atom. The largest absolute Gasteiger partial charge is 0.337 e. The van der Waals surface area contributed by atoms with Gasteiger partial charge in [-0.3, -0.25) is 9.69 Å². The van der Waals surface area contributed by atoms with Gasteiger partial charge in [-0.1, -0.05) is 0 Å². The van der Waals surface area contributed by atoms with Crippen LogP contribution in [0.4, 0.5) is 0 Å². The molecule has 0 bridgehead atoms. The maximum atomic E-state index is 12.6. The number of carbonyl (C=O) groups excluding carboxylic acids is 1. The van der Waals surface area contributed by atoms with Gasteiger partial charge in [0, 0.05) is 37.1 Å². The number of nitrogens with zero attached hydrogens (tertiary/aromatic N) is 2. The topological polar surface area (TPSA) is 35.6 Å². The number of hydrogen-bond donors (Lipinski definition) is 1. The highest BCUT2D eigenvalue weighted by molar-refractivity contribution is 7.10. The van der Waals surface area contributed by atoms with Gasteiger partial charge in [-0.25, -0.2) is 0 Å². The molecular weight excluding hydrogens is 318 g/mol. The van der Waals surface area contributed by atoms with Gasteiger partial charge in [-0.05, 0) is 48.7 Å². The molecule has 1 aromatic heterocycles. The van der Waals surface area contributed by atoms with Crippen LogP contribution in [0.3, 0.4) is 0 Å². The van der Waals surface area contributed by atoms with E-state index < -0.39 is 0 Å². The zero-order chi connectivity index (χ0) is 14.2. The van der Waals surface area contributed by atoms with Gasteiger partial charge in [0.2, 0.25) is 5.91 Å². The standard InChI is InChI=1S/C16H23N3OS.ClH/c20-16(19-7-3-15-13(10-19)4-8-21-15)11-18-6-2-14-12(9-18)1-5-17-14;/h4,8,12,14,17H,1-3,5-7,9-11H2;1H. The Balaban J connectivity index is 0.00000144. The van der Waals surface area contributed by atoms with Gasteiger partial charge >= 0.3 is 0 Å². The monoisotopic (exact) mass is 341 g/mol. The lowest BCUT2D eigenvalue weighted by Crippen LogP contribution is -2.49. The summed E-state index contributed by atoms with van der Waals surface area (Å²) in [7, 11) is 0. The van der Waals surface area contributed by atoms with Gasteiger partial charge in [-0.2, -0.15) is 0 Å². The lowest BCUT2D eigenvalue weighted by molar-refractivity contribution is -0.133. The van der Waals surface area contributed by atoms with Crippen LogP contribution in [-0.2, 0) is 17.8 Å². The van der Waals surface area contributed by atoms with Crippen molar-refractivity contribution in [1.82, 2.24) is 15.1 Å². The van der Waals surface area contributed by atoms with E-state index in [1.807, 2.05) is 16.2 Å². The van der Waals surface area contributed by atoms with E-state index in [9.17, 15) is 4.79 Å². The van der Waals surface area contributed by atoms with Gasteiger partial charge < -0.3 is 10.2 Å². The average Bonchev–Trinajstić information content (AvgIpc) is 3.14. The van der Waals surface area contributed by atoms with Crippen molar-refractivity contribution in [3.8, 4) is 0 Å². The number of fused-ring (bicyclic) bond motifs is 2. The molecule has 1 amide bonds. The molecule has 1 aromatic rings. The maximum absolute atomic E-state index is 12.6. The van der Waals surface area contributed by atoms with Crippen LogP contribution in [0.25, 0.3) is 0 Å². The molecule has 3 aliphatic heterocycles. The summed E-state index contributed by atoms with van der Waals surface area (Å²) in [5.41, 5.74) is 1.36. The lowest BCUT2D eigenvalue weighted by atomic mass is 9.93. The minimum atomic E-state index is 0. The van der Waals surface area contributed by atoms with E-state index in [-0.39, 0.29) is 12.4 Å². The summed E-state index contributed by atoms with van der Waals surface area (Å²) in [6.45, 7) is 5.65. The van der Waals surface area contributed by atoms with Crippen molar-refractivity contribution in [2.75, 3.05) is 32.7 Å². The minimum Gasteiger partial charge on any atom is -0.337 e. The third-order valence-corrected chi connectivity index (χ3v) is 6.28. The minimum absolute atomic E-state index is 0. The summed E-state index contributed by atoms with van der Waals surface area (Å²) in [5.74, 6) is 1.08. The highest BCUT2D eigenvalue weighted by atomic mass is 35.5. The molecule has 6 heteroatoms. The molecule has 3 aliphatic rings. The molecule has 0 aromatic carbocycles. The molecule has 4 heterocycles. The summed E-state index contributed by atoms with van der Waals surface area (Å²) in [6.07, 6.45) is 3.51. The number of rotatable bonds is 2. The molecule has 122 valence electrons. The van der Waals surface area contributed by atoms with Crippen molar-refractivity contribution in [2.24, 2.45) is 5.92 Å². The number of piperidine rings is 1. The Bertz CT molecular complexity index is 535. The lowest BCUT2D eigenvalue weighted by Gasteiger charge is -2.36. The van der Waals surface area contributed by atoms with Crippen molar-refractivity contribution in [2.45, 2.75) is 31.8 Å². The number of amides is 1. The van der Waals surface area contributed by atoms with Crippen molar-refractivity contribution in [1.29, 1.82) is 0 Å². The van der Waals surface area contributed by atoms with Crippen molar-refractivity contribution < 1.29 is 4.79 Å². The average molecular weight is 342 g/mol. The van der Waals surface area contributed by atoms with E-state index in [1.165, 1.54) is 23.3 Å². The zero-order valence-corrected chi connectivity index (χ0v) is 14.4. The fourth-order valence-electron chi connectivity index (χ4n) is 4.02. The molecule has 2 atom stereocenters. The van der Waals surface area contributed by atoms with Crippen LogP contribution in [0.5, 0.6) is 0 Å². The summed E-state index contributed by atoms with van der Waals surface area (Å²) in [5, 5.41) is 5.73. The first-order chi connectivity index (χ1) is 10.3. The smallest absolute Gasteiger partial charge is 0.237 e. The Kier molecular flexibility index (Phi) is 5.07. The first-order valence-corrected chi connectivity index (χ1v) is 8.96. The Hall–Kier alpha value is -0.620. The van der Waals surface area contributed by atoms with E-state index in [4.69, 9.17) is 0 Å². The van der Waals surface area contributed by atoms with Crippen LogP contribution in [0.2, 0.25) is 0 Å². The summed E-state index contributed by atoms with van der Waals surface area (Å²) >= 11 is 1.83. The Labute approximate surface area is 142 Å². The second kappa shape index (κ2) is 6.87. The van der Waals surface area contributed by atoms with Gasteiger partial charge in [0.25, 0.3) is 0 Å². The second-order valence-electron chi connectivity index (χ2n) is 6.57. The zero-order valence-electron chi connectivity index (χ0n) is 12.8. The normalized spacial score (nSPS) is 27.9. The first-order valence-electron chi connectivity index (χ1n) is 8.08. The Morgan fingerprint density at radius 2 is 2.27 bits per heavy atom. The van der Waals surface area contributed by atoms with Crippen LogP contribution in [0.1, 0.15) is 23.3 Å².